The minimum absolute atomic E-state index is 0.00382. The largest absolute Gasteiger partial charge is 0.375 e. The maximum atomic E-state index is 11.8. The number of amides is 1. The fourth-order valence-electron chi connectivity index (χ4n) is 1.64. The average molecular weight is 261 g/mol. The van der Waals surface area contributed by atoms with Gasteiger partial charge < -0.3 is 11.1 Å². The molecule has 2 rings (SSSR count). The fraction of sp³-hybridized carbons (Fsp3) is 0.231. The summed E-state index contributed by atoms with van der Waals surface area (Å²) in [5.41, 5.74) is 8.50. The van der Waals surface area contributed by atoms with E-state index in [1.807, 2.05) is 36.6 Å². The lowest BCUT2D eigenvalue weighted by Crippen LogP contribution is -2.25. The van der Waals surface area contributed by atoms with Crippen molar-refractivity contribution < 1.29 is 4.79 Å². The number of thiazole rings is 1. The van der Waals surface area contributed by atoms with Gasteiger partial charge in [0.25, 0.3) is 0 Å². The molecule has 5 heteroatoms. The number of nitrogens with zero attached hydrogens (tertiary/aromatic N) is 1. The highest BCUT2D eigenvalue weighted by Crippen LogP contribution is 2.11. The number of nitrogen functional groups attached to an aromatic ring is 1. The molecule has 0 aliphatic heterocycles. The first-order valence-electron chi connectivity index (χ1n) is 5.66. The maximum Gasteiger partial charge on any atom is 0.224 e. The number of nitrogens with one attached hydrogen (secondary N) is 1. The van der Waals surface area contributed by atoms with E-state index in [1.165, 1.54) is 11.3 Å². The normalized spacial score (nSPS) is 10.3. The number of carbonyl (C=O) groups excluding carboxylic acids is 1. The summed E-state index contributed by atoms with van der Waals surface area (Å²) in [6.45, 7) is 2.43. The minimum Gasteiger partial charge on any atom is -0.375 e. The molecule has 0 unspecified atom stereocenters. The molecule has 1 aromatic heterocycles. The first kappa shape index (κ1) is 12.6. The van der Waals surface area contributed by atoms with Crippen LogP contribution in [0.3, 0.4) is 0 Å². The molecule has 3 N–H and O–H groups in total. The van der Waals surface area contributed by atoms with Crippen LogP contribution in [0, 0.1) is 6.92 Å². The van der Waals surface area contributed by atoms with Gasteiger partial charge in [-0.3, -0.25) is 4.79 Å². The Bertz CT molecular complexity index is 551. The summed E-state index contributed by atoms with van der Waals surface area (Å²) in [6, 6.07) is 7.88. The second-order valence-electron chi connectivity index (χ2n) is 4.06. The SMILES string of the molecule is Cc1ccccc1CC(=O)NCc1csc(N)n1. The molecule has 0 aliphatic rings. The van der Waals surface area contributed by atoms with Gasteiger partial charge in [0, 0.05) is 5.38 Å². The molecule has 0 atom stereocenters. The van der Waals surface area contributed by atoms with Gasteiger partial charge in [0.1, 0.15) is 0 Å². The van der Waals surface area contributed by atoms with Crippen LogP contribution >= 0.6 is 11.3 Å². The number of aryl methyl sites for hydroxylation is 1. The number of benzene rings is 1. The lowest BCUT2D eigenvalue weighted by molar-refractivity contribution is -0.120. The van der Waals surface area contributed by atoms with E-state index in [0.717, 1.165) is 16.8 Å². The number of carbonyl (C=O) groups is 1. The van der Waals surface area contributed by atoms with Gasteiger partial charge >= 0.3 is 0 Å². The lowest BCUT2D eigenvalue weighted by Gasteiger charge is -2.06. The molecule has 0 spiro atoms. The molecule has 0 aliphatic carbocycles. The number of rotatable bonds is 4. The minimum atomic E-state index is -0.00382. The van der Waals surface area contributed by atoms with Crippen molar-refractivity contribution >= 4 is 22.4 Å². The number of aromatic nitrogens is 1. The molecule has 0 saturated heterocycles. The van der Waals surface area contributed by atoms with Crippen molar-refractivity contribution in [3.8, 4) is 0 Å². The monoisotopic (exact) mass is 261 g/mol. The van der Waals surface area contributed by atoms with Crippen LogP contribution in [0.2, 0.25) is 0 Å². The molecule has 2 aromatic rings. The van der Waals surface area contributed by atoms with Crippen LogP contribution in [0.15, 0.2) is 29.6 Å². The molecule has 4 nitrogen and oxygen atoms in total. The van der Waals surface area contributed by atoms with Crippen molar-refractivity contribution in [2.24, 2.45) is 0 Å². The molecule has 0 saturated carbocycles. The third-order valence-corrected chi connectivity index (χ3v) is 3.37. The van der Waals surface area contributed by atoms with E-state index in [-0.39, 0.29) is 5.91 Å². The van der Waals surface area contributed by atoms with Crippen LogP contribution < -0.4 is 11.1 Å². The number of anilines is 1. The maximum absolute atomic E-state index is 11.8. The first-order valence-corrected chi connectivity index (χ1v) is 6.54. The van der Waals surface area contributed by atoms with Crippen molar-refractivity contribution in [1.29, 1.82) is 0 Å². The van der Waals surface area contributed by atoms with E-state index in [9.17, 15) is 4.79 Å². The Hall–Kier alpha value is -1.88. The van der Waals surface area contributed by atoms with Gasteiger partial charge in [-0.2, -0.15) is 0 Å². The summed E-state index contributed by atoms with van der Waals surface area (Å²) in [4.78, 5) is 15.9. The lowest BCUT2D eigenvalue weighted by atomic mass is 10.1. The summed E-state index contributed by atoms with van der Waals surface area (Å²) < 4.78 is 0. The average Bonchev–Trinajstić information content (AvgIpc) is 2.76. The molecule has 0 fully saturated rings. The Labute approximate surface area is 110 Å². The molecule has 94 valence electrons. The van der Waals surface area contributed by atoms with Crippen LogP contribution in [0.4, 0.5) is 5.13 Å². The Morgan fingerprint density at radius 3 is 2.89 bits per heavy atom. The molecule has 1 amide bonds. The van der Waals surface area contributed by atoms with E-state index in [4.69, 9.17) is 5.73 Å². The Kier molecular flexibility index (Phi) is 3.94. The third-order valence-electron chi connectivity index (χ3n) is 2.65. The summed E-state index contributed by atoms with van der Waals surface area (Å²) >= 11 is 1.38. The van der Waals surface area contributed by atoms with Crippen LogP contribution in [0.25, 0.3) is 0 Å². The zero-order valence-corrected chi connectivity index (χ0v) is 11.0. The fourth-order valence-corrected chi connectivity index (χ4v) is 2.20. The predicted molar refractivity (Wildman–Crippen MR) is 73.3 cm³/mol. The zero-order valence-electron chi connectivity index (χ0n) is 10.1. The van der Waals surface area contributed by atoms with E-state index in [2.05, 4.69) is 10.3 Å². The number of hydrogen-bond acceptors (Lipinski definition) is 4. The van der Waals surface area contributed by atoms with Gasteiger partial charge in [0.2, 0.25) is 5.91 Å². The van der Waals surface area contributed by atoms with Crippen molar-refractivity contribution in [3.63, 3.8) is 0 Å². The third kappa shape index (κ3) is 3.30. The zero-order chi connectivity index (χ0) is 13.0. The Morgan fingerprint density at radius 2 is 2.22 bits per heavy atom. The van der Waals surface area contributed by atoms with E-state index >= 15 is 0 Å². The van der Waals surface area contributed by atoms with Gasteiger partial charge in [-0.25, -0.2) is 4.98 Å². The highest BCUT2D eigenvalue weighted by Gasteiger charge is 2.06. The molecule has 0 bridgehead atoms. The summed E-state index contributed by atoms with van der Waals surface area (Å²) in [5.74, 6) is -0.00382. The van der Waals surface area contributed by atoms with E-state index in [0.29, 0.717) is 18.1 Å². The quantitative estimate of drug-likeness (QED) is 0.883. The van der Waals surface area contributed by atoms with Crippen molar-refractivity contribution in [2.45, 2.75) is 19.9 Å². The van der Waals surface area contributed by atoms with Crippen molar-refractivity contribution in [1.82, 2.24) is 10.3 Å². The van der Waals surface area contributed by atoms with Gasteiger partial charge in [0.15, 0.2) is 5.13 Å². The Morgan fingerprint density at radius 1 is 1.44 bits per heavy atom. The van der Waals surface area contributed by atoms with E-state index in [1.54, 1.807) is 0 Å². The van der Waals surface area contributed by atoms with Gasteiger partial charge in [-0.1, -0.05) is 24.3 Å². The van der Waals surface area contributed by atoms with Crippen molar-refractivity contribution in [3.05, 3.63) is 46.5 Å². The molecule has 0 radical (unpaired) electrons. The second-order valence-corrected chi connectivity index (χ2v) is 4.95. The van der Waals surface area contributed by atoms with Gasteiger partial charge in [-0.15, -0.1) is 11.3 Å². The topological polar surface area (TPSA) is 68.0 Å². The standard InChI is InChI=1S/C13H15N3OS/c1-9-4-2-3-5-10(9)6-12(17)15-7-11-8-18-13(14)16-11/h2-5,8H,6-7H2,1H3,(H2,14,16)(H,15,17). The van der Waals surface area contributed by atoms with Crippen LogP contribution in [-0.4, -0.2) is 10.9 Å². The summed E-state index contributed by atoms with van der Waals surface area (Å²) in [5, 5.41) is 5.21. The highest BCUT2D eigenvalue weighted by molar-refractivity contribution is 7.13. The first-order chi connectivity index (χ1) is 8.65. The summed E-state index contributed by atoms with van der Waals surface area (Å²) in [7, 11) is 0. The second kappa shape index (κ2) is 5.64. The van der Waals surface area contributed by atoms with Gasteiger partial charge in [0.05, 0.1) is 18.7 Å². The molecular weight excluding hydrogens is 246 g/mol. The molecule has 1 heterocycles. The Balaban J connectivity index is 1.88. The molecular formula is C13H15N3OS. The van der Waals surface area contributed by atoms with Crippen LogP contribution in [0.5, 0.6) is 0 Å². The molecule has 18 heavy (non-hydrogen) atoms. The van der Waals surface area contributed by atoms with E-state index < -0.39 is 0 Å². The predicted octanol–water partition coefficient (Wildman–Crippen LogP) is 1.89. The smallest absolute Gasteiger partial charge is 0.224 e. The van der Waals surface area contributed by atoms with Crippen LogP contribution in [-0.2, 0) is 17.8 Å². The number of nitrogens with two attached hydrogens (primary N) is 1. The van der Waals surface area contributed by atoms with Crippen molar-refractivity contribution in [2.75, 3.05) is 5.73 Å². The van der Waals surface area contributed by atoms with Crippen LogP contribution in [0.1, 0.15) is 16.8 Å². The highest BCUT2D eigenvalue weighted by atomic mass is 32.1. The van der Waals surface area contributed by atoms with Gasteiger partial charge in [-0.05, 0) is 18.1 Å². The molecule has 1 aromatic carbocycles. The number of hydrogen-bond donors (Lipinski definition) is 2. The summed E-state index contributed by atoms with van der Waals surface area (Å²) in [6.07, 6.45) is 0.395.